The third-order valence-corrected chi connectivity index (χ3v) is 5.43. The number of hydrogen-bond donors (Lipinski definition) is 2. The highest BCUT2D eigenvalue weighted by Gasteiger charge is 2.29. The maximum absolute atomic E-state index is 12.9. The van der Waals surface area contributed by atoms with Gasteiger partial charge in [0.25, 0.3) is 5.91 Å². The molecule has 1 aliphatic rings. The third kappa shape index (κ3) is 3.90. The number of hydrogen-bond acceptors (Lipinski definition) is 2. The normalized spacial score (nSPS) is 17.1. The molecule has 0 radical (unpaired) electrons. The highest BCUT2D eigenvalue weighted by molar-refractivity contribution is 9.10. The first kappa shape index (κ1) is 17.8. The minimum Gasteiger partial charge on any atom is -0.351 e. The second kappa shape index (κ2) is 7.56. The maximum atomic E-state index is 12.9. The van der Waals surface area contributed by atoms with Gasteiger partial charge in [-0.05, 0) is 43.2 Å². The lowest BCUT2D eigenvalue weighted by atomic mass is 9.96. The second-order valence-corrected chi connectivity index (χ2v) is 7.78. The van der Waals surface area contributed by atoms with Gasteiger partial charge in [0.15, 0.2) is 0 Å². The van der Waals surface area contributed by atoms with Crippen molar-refractivity contribution in [1.29, 1.82) is 0 Å². The van der Waals surface area contributed by atoms with E-state index in [9.17, 15) is 9.59 Å². The number of nitrogens with one attached hydrogen (secondary N) is 2. The van der Waals surface area contributed by atoms with Crippen LogP contribution in [0, 0.1) is 5.92 Å². The Morgan fingerprint density at radius 2 is 1.96 bits per heavy atom. The van der Waals surface area contributed by atoms with Crippen LogP contribution in [-0.2, 0) is 4.79 Å². The summed E-state index contributed by atoms with van der Waals surface area (Å²) in [6.07, 6.45) is 1.61. The van der Waals surface area contributed by atoms with E-state index in [1.807, 2.05) is 54.6 Å². The molecule has 2 amide bonds. The number of H-pyrrole nitrogens is 1. The summed E-state index contributed by atoms with van der Waals surface area (Å²) >= 11 is 3.41. The predicted molar refractivity (Wildman–Crippen MR) is 110 cm³/mol. The molecule has 1 aromatic heterocycles. The summed E-state index contributed by atoms with van der Waals surface area (Å²) in [4.78, 5) is 30.5. The number of halogens is 1. The lowest BCUT2D eigenvalue weighted by Crippen LogP contribution is -2.43. The number of para-hydroxylation sites is 1. The predicted octanol–water partition coefficient (Wildman–Crippen LogP) is 4.42. The van der Waals surface area contributed by atoms with E-state index in [0.29, 0.717) is 18.8 Å². The Morgan fingerprint density at radius 3 is 2.78 bits per heavy atom. The van der Waals surface area contributed by atoms with E-state index >= 15 is 0 Å². The van der Waals surface area contributed by atoms with Gasteiger partial charge in [-0.1, -0.05) is 40.2 Å². The van der Waals surface area contributed by atoms with Crippen LogP contribution >= 0.6 is 15.9 Å². The number of carbonyl (C=O) groups excluding carboxylic acids is 2. The molecule has 3 aromatic rings. The third-order valence-electron chi connectivity index (χ3n) is 4.93. The smallest absolute Gasteiger partial charge is 0.270 e. The number of anilines is 1. The Balaban J connectivity index is 1.45. The van der Waals surface area contributed by atoms with Gasteiger partial charge in [-0.25, -0.2) is 0 Å². The maximum Gasteiger partial charge on any atom is 0.270 e. The van der Waals surface area contributed by atoms with E-state index in [1.165, 1.54) is 0 Å². The summed E-state index contributed by atoms with van der Waals surface area (Å²) in [6.45, 7) is 1.11. The molecule has 2 aromatic carbocycles. The summed E-state index contributed by atoms with van der Waals surface area (Å²) in [5, 5.41) is 3.97. The van der Waals surface area contributed by atoms with E-state index in [4.69, 9.17) is 0 Å². The molecule has 2 N–H and O–H groups in total. The minimum atomic E-state index is -0.203. The van der Waals surface area contributed by atoms with Crippen LogP contribution in [0.1, 0.15) is 23.3 Å². The van der Waals surface area contributed by atoms with Gasteiger partial charge < -0.3 is 15.2 Å². The molecule has 0 aliphatic carbocycles. The first-order valence-corrected chi connectivity index (χ1v) is 9.83. The second-order valence-electron chi connectivity index (χ2n) is 6.86. The molecule has 5 nitrogen and oxygen atoms in total. The molecule has 0 spiro atoms. The number of piperidine rings is 1. The van der Waals surface area contributed by atoms with Crippen molar-refractivity contribution in [2.45, 2.75) is 12.8 Å². The number of likely N-dealkylation sites (tertiary alicyclic amines) is 1. The number of aromatic nitrogens is 1. The molecule has 1 fully saturated rings. The first-order valence-electron chi connectivity index (χ1n) is 9.03. The minimum absolute atomic E-state index is 0.0396. The number of carbonyl (C=O) groups is 2. The van der Waals surface area contributed by atoms with Gasteiger partial charge in [0.05, 0.1) is 5.92 Å². The number of aromatic amines is 1. The van der Waals surface area contributed by atoms with Crippen LogP contribution in [0.5, 0.6) is 0 Å². The Morgan fingerprint density at radius 1 is 1.11 bits per heavy atom. The zero-order valence-corrected chi connectivity index (χ0v) is 16.3. The van der Waals surface area contributed by atoms with Crippen molar-refractivity contribution in [3.8, 4) is 0 Å². The molecule has 6 heteroatoms. The number of rotatable bonds is 3. The van der Waals surface area contributed by atoms with E-state index in [0.717, 1.165) is 33.9 Å². The molecule has 2 heterocycles. The van der Waals surface area contributed by atoms with Gasteiger partial charge in [0.2, 0.25) is 5.91 Å². The van der Waals surface area contributed by atoms with E-state index in [-0.39, 0.29) is 17.7 Å². The highest BCUT2D eigenvalue weighted by Crippen LogP contribution is 2.23. The lowest BCUT2D eigenvalue weighted by Gasteiger charge is -2.31. The van der Waals surface area contributed by atoms with Crippen LogP contribution in [-0.4, -0.2) is 34.8 Å². The molecule has 4 rings (SSSR count). The highest BCUT2D eigenvalue weighted by atomic mass is 79.9. The van der Waals surface area contributed by atoms with Crippen molar-refractivity contribution in [3.63, 3.8) is 0 Å². The van der Waals surface area contributed by atoms with E-state index < -0.39 is 0 Å². The average molecular weight is 426 g/mol. The fourth-order valence-electron chi connectivity index (χ4n) is 3.55. The van der Waals surface area contributed by atoms with Gasteiger partial charge >= 0.3 is 0 Å². The van der Waals surface area contributed by atoms with Gasteiger partial charge in [0, 0.05) is 34.2 Å². The van der Waals surface area contributed by atoms with Gasteiger partial charge in [-0.2, -0.15) is 0 Å². The summed E-state index contributed by atoms with van der Waals surface area (Å²) in [5.74, 6) is -0.292. The zero-order valence-electron chi connectivity index (χ0n) is 14.7. The molecule has 0 saturated carbocycles. The largest absolute Gasteiger partial charge is 0.351 e. The SMILES string of the molecule is O=C(Nc1cccc(Br)c1)[C@H]1CCCN(C(=O)c2cc3ccccc3[nH]2)C1. The number of benzene rings is 2. The molecule has 27 heavy (non-hydrogen) atoms. The number of nitrogens with zero attached hydrogens (tertiary/aromatic N) is 1. The van der Waals surface area contributed by atoms with Crippen LogP contribution in [0.25, 0.3) is 10.9 Å². The van der Waals surface area contributed by atoms with Crippen LogP contribution in [0.2, 0.25) is 0 Å². The standard InChI is InChI=1S/C21H20BrN3O2/c22-16-7-3-8-17(12-16)23-20(26)15-6-4-10-25(13-15)21(27)19-11-14-5-1-2-9-18(14)24-19/h1-3,5,7-9,11-12,15,24H,4,6,10,13H2,(H,23,26)/t15-/m0/s1. The van der Waals surface area contributed by atoms with Crippen LogP contribution < -0.4 is 5.32 Å². The van der Waals surface area contributed by atoms with Gasteiger partial charge in [-0.3, -0.25) is 9.59 Å². The summed E-state index contributed by atoms with van der Waals surface area (Å²) < 4.78 is 0.916. The van der Waals surface area contributed by atoms with Crippen molar-refractivity contribution < 1.29 is 9.59 Å². The lowest BCUT2D eigenvalue weighted by molar-refractivity contribution is -0.121. The fourth-order valence-corrected chi connectivity index (χ4v) is 3.94. The molecule has 0 unspecified atom stereocenters. The number of fused-ring (bicyclic) bond motifs is 1. The molecular weight excluding hydrogens is 406 g/mol. The Hall–Kier alpha value is -2.60. The van der Waals surface area contributed by atoms with E-state index in [1.54, 1.807) is 4.90 Å². The summed E-state index contributed by atoms with van der Waals surface area (Å²) in [5.41, 5.74) is 2.28. The van der Waals surface area contributed by atoms with Gasteiger partial charge in [0.1, 0.15) is 5.69 Å². The molecule has 138 valence electrons. The van der Waals surface area contributed by atoms with Crippen molar-refractivity contribution in [3.05, 3.63) is 64.8 Å². The zero-order chi connectivity index (χ0) is 18.8. The quantitative estimate of drug-likeness (QED) is 0.651. The van der Waals surface area contributed by atoms with Crippen molar-refractivity contribution in [1.82, 2.24) is 9.88 Å². The number of amides is 2. The summed E-state index contributed by atoms with van der Waals surface area (Å²) in [7, 11) is 0. The fraction of sp³-hybridized carbons (Fsp3) is 0.238. The Bertz CT molecular complexity index is 965. The van der Waals surface area contributed by atoms with Crippen molar-refractivity contribution in [2.24, 2.45) is 5.92 Å². The monoisotopic (exact) mass is 425 g/mol. The van der Waals surface area contributed by atoms with Crippen LogP contribution in [0.4, 0.5) is 5.69 Å². The van der Waals surface area contributed by atoms with Crippen LogP contribution in [0.3, 0.4) is 0 Å². The average Bonchev–Trinajstić information content (AvgIpc) is 3.12. The molecule has 1 saturated heterocycles. The topological polar surface area (TPSA) is 65.2 Å². The molecule has 1 atom stereocenters. The Kier molecular flexibility index (Phi) is 4.99. The van der Waals surface area contributed by atoms with Gasteiger partial charge in [-0.15, -0.1) is 0 Å². The van der Waals surface area contributed by atoms with E-state index in [2.05, 4.69) is 26.2 Å². The van der Waals surface area contributed by atoms with Crippen molar-refractivity contribution >= 4 is 44.3 Å². The molecule has 0 bridgehead atoms. The molecular formula is C21H20BrN3O2. The molecule has 1 aliphatic heterocycles. The first-order chi connectivity index (χ1) is 13.1. The Labute approximate surface area is 165 Å². The summed E-state index contributed by atoms with van der Waals surface area (Å²) in [6, 6.07) is 17.2. The van der Waals surface area contributed by atoms with Crippen molar-refractivity contribution in [2.75, 3.05) is 18.4 Å². The van der Waals surface area contributed by atoms with Crippen LogP contribution in [0.15, 0.2) is 59.1 Å².